The van der Waals surface area contributed by atoms with Gasteiger partial charge in [0, 0.05) is 38.5 Å². The van der Waals surface area contributed by atoms with E-state index >= 15 is 0 Å². The van der Waals surface area contributed by atoms with Crippen LogP contribution in [0.4, 0.5) is 17.1 Å². The van der Waals surface area contributed by atoms with Gasteiger partial charge in [0.05, 0.1) is 22.8 Å². The highest BCUT2D eigenvalue weighted by atomic mass is 16.3. The third-order valence-electron chi connectivity index (χ3n) is 11.1. The fourth-order valence-corrected chi connectivity index (χ4v) is 8.24. The second-order valence-corrected chi connectivity index (χ2v) is 14.6. The van der Waals surface area contributed by atoms with Gasteiger partial charge in [-0.3, -0.25) is 0 Å². The molecule has 0 amide bonds. The molecular formula is C54H35N3O. The van der Waals surface area contributed by atoms with Crippen LogP contribution in [0.2, 0.25) is 0 Å². The molecule has 0 N–H and O–H groups in total. The highest BCUT2D eigenvalue weighted by Gasteiger charge is 2.25. The fourth-order valence-electron chi connectivity index (χ4n) is 8.24. The minimum absolute atomic E-state index is 0.636. The summed E-state index contributed by atoms with van der Waals surface area (Å²) in [4.78, 5) is 12.9. The molecule has 11 rings (SSSR count). The SMILES string of the molecule is c1ccc(-c2ccc(N(c3cccc4ccccc34)c3ccc(-c4nc(-c5ccccc5)cc(-c5ccccc5)n4)c4c3oc3cc5ccccc5cc34)cc2)cc1. The Morgan fingerprint density at radius 2 is 0.931 bits per heavy atom. The van der Waals surface area contributed by atoms with E-state index in [2.05, 4.69) is 205 Å². The second-order valence-electron chi connectivity index (χ2n) is 14.6. The summed E-state index contributed by atoms with van der Waals surface area (Å²) in [5.41, 5.74) is 11.6. The van der Waals surface area contributed by atoms with E-state index < -0.39 is 0 Å². The Kier molecular flexibility index (Phi) is 8.11. The van der Waals surface area contributed by atoms with Crippen molar-refractivity contribution in [3.05, 3.63) is 212 Å². The Labute approximate surface area is 335 Å². The van der Waals surface area contributed by atoms with Crippen LogP contribution in [0.25, 0.3) is 88.5 Å². The maximum atomic E-state index is 7.12. The van der Waals surface area contributed by atoms with Gasteiger partial charge in [-0.1, -0.05) is 164 Å². The summed E-state index contributed by atoms with van der Waals surface area (Å²) in [6.07, 6.45) is 0. The summed E-state index contributed by atoms with van der Waals surface area (Å²) in [6.45, 7) is 0. The number of anilines is 3. The minimum Gasteiger partial charge on any atom is -0.454 e. The smallest absolute Gasteiger partial charge is 0.161 e. The molecule has 4 nitrogen and oxygen atoms in total. The molecule has 0 atom stereocenters. The van der Waals surface area contributed by atoms with Crippen LogP contribution in [0.5, 0.6) is 0 Å². The zero-order chi connectivity index (χ0) is 38.4. The molecule has 4 heteroatoms. The van der Waals surface area contributed by atoms with E-state index in [-0.39, 0.29) is 0 Å². The molecule has 0 aliphatic heterocycles. The molecule has 0 aliphatic carbocycles. The predicted molar refractivity (Wildman–Crippen MR) is 241 cm³/mol. The van der Waals surface area contributed by atoms with Crippen molar-refractivity contribution in [1.82, 2.24) is 9.97 Å². The van der Waals surface area contributed by atoms with Crippen LogP contribution in [-0.4, -0.2) is 9.97 Å². The van der Waals surface area contributed by atoms with Crippen LogP contribution in [0.15, 0.2) is 217 Å². The summed E-state index contributed by atoms with van der Waals surface area (Å²) in [5, 5.41) is 6.54. The number of hydrogen-bond donors (Lipinski definition) is 0. The summed E-state index contributed by atoms with van der Waals surface area (Å²) in [6, 6.07) is 74.4. The molecule has 0 unspecified atom stereocenters. The van der Waals surface area contributed by atoms with Gasteiger partial charge in [0.1, 0.15) is 5.58 Å². The largest absolute Gasteiger partial charge is 0.454 e. The van der Waals surface area contributed by atoms with Crippen LogP contribution < -0.4 is 4.90 Å². The first kappa shape index (κ1) is 33.5. The van der Waals surface area contributed by atoms with E-state index in [9.17, 15) is 0 Å². The van der Waals surface area contributed by atoms with Crippen molar-refractivity contribution >= 4 is 60.5 Å². The summed E-state index contributed by atoms with van der Waals surface area (Å²) in [7, 11) is 0. The third-order valence-corrected chi connectivity index (χ3v) is 11.1. The number of rotatable bonds is 7. The molecule has 58 heavy (non-hydrogen) atoms. The first-order valence-electron chi connectivity index (χ1n) is 19.6. The average molecular weight is 742 g/mol. The van der Waals surface area contributed by atoms with Crippen LogP contribution in [-0.2, 0) is 0 Å². The number of aromatic nitrogens is 2. The molecule has 0 aliphatic rings. The molecule has 0 saturated heterocycles. The van der Waals surface area contributed by atoms with E-state index in [1.165, 1.54) is 5.56 Å². The lowest BCUT2D eigenvalue weighted by atomic mass is 9.99. The van der Waals surface area contributed by atoms with Gasteiger partial charge in [-0.15, -0.1) is 0 Å². The lowest BCUT2D eigenvalue weighted by Gasteiger charge is -2.27. The van der Waals surface area contributed by atoms with E-state index in [4.69, 9.17) is 14.4 Å². The van der Waals surface area contributed by atoms with E-state index in [1.54, 1.807) is 0 Å². The summed E-state index contributed by atoms with van der Waals surface area (Å²) < 4.78 is 7.12. The van der Waals surface area contributed by atoms with Gasteiger partial charge >= 0.3 is 0 Å². The van der Waals surface area contributed by atoms with Gasteiger partial charge in [0.2, 0.25) is 0 Å². The quantitative estimate of drug-likeness (QED) is 0.163. The molecule has 9 aromatic carbocycles. The second kappa shape index (κ2) is 14.0. The monoisotopic (exact) mass is 741 g/mol. The van der Waals surface area contributed by atoms with Gasteiger partial charge in [0.15, 0.2) is 11.4 Å². The van der Waals surface area contributed by atoms with Gasteiger partial charge < -0.3 is 9.32 Å². The maximum Gasteiger partial charge on any atom is 0.161 e. The lowest BCUT2D eigenvalue weighted by molar-refractivity contribution is 0.669. The molecule has 2 aromatic heterocycles. The fraction of sp³-hybridized carbons (Fsp3) is 0. The van der Waals surface area contributed by atoms with Crippen molar-refractivity contribution in [2.45, 2.75) is 0 Å². The van der Waals surface area contributed by atoms with Crippen molar-refractivity contribution in [1.29, 1.82) is 0 Å². The van der Waals surface area contributed by atoms with Crippen molar-refractivity contribution in [3.8, 4) is 45.0 Å². The number of benzene rings is 9. The standard InChI is InChI=1S/C54H35N3O/c1-4-15-36(16-5-1)37-27-29-43(30-28-37)57(49-26-14-24-38-17-12-13-25-44(38)49)50-32-31-45(52-46-33-41-22-10-11-23-42(41)34-51(46)58-53(50)52)54-55-47(39-18-6-2-7-19-39)35-48(56-54)40-20-8-3-9-21-40/h1-35H. The Morgan fingerprint density at radius 1 is 0.379 bits per heavy atom. The van der Waals surface area contributed by atoms with Gasteiger partial charge in [-0.05, 0) is 75.8 Å². The Morgan fingerprint density at radius 3 is 1.60 bits per heavy atom. The maximum absolute atomic E-state index is 7.12. The van der Waals surface area contributed by atoms with Gasteiger partial charge in [0.25, 0.3) is 0 Å². The molecule has 0 radical (unpaired) electrons. The molecule has 0 saturated carbocycles. The summed E-state index contributed by atoms with van der Waals surface area (Å²) >= 11 is 0. The van der Waals surface area contributed by atoms with Crippen LogP contribution in [0, 0.1) is 0 Å². The third kappa shape index (κ3) is 5.87. The molecule has 11 aromatic rings. The Balaban J connectivity index is 1.21. The first-order chi connectivity index (χ1) is 28.7. The Bertz CT molecular complexity index is 3200. The van der Waals surface area contributed by atoms with Gasteiger partial charge in [-0.2, -0.15) is 0 Å². The van der Waals surface area contributed by atoms with Crippen LogP contribution in [0.3, 0.4) is 0 Å². The average Bonchev–Trinajstić information content (AvgIpc) is 3.68. The highest BCUT2D eigenvalue weighted by molar-refractivity contribution is 6.19. The normalized spacial score (nSPS) is 11.4. The minimum atomic E-state index is 0.636. The molecule has 0 bridgehead atoms. The zero-order valence-corrected chi connectivity index (χ0v) is 31.5. The van der Waals surface area contributed by atoms with Crippen molar-refractivity contribution in [3.63, 3.8) is 0 Å². The molecule has 2 heterocycles. The molecule has 0 spiro atoms. The van der Waals surface area contributed by atoms with Crippen LogP contribution in [0.1, 0.15) is 0 Å². The number of fused-ring (bicyclic) bond motifs is 5. The van der Waals surface area contributed by atoms with Gasteiger partial charge in [-0.25, -0.2) is 9.97 Å². The predicted octanol–water partition coefficient (Wildman–Crippen LogP) is 14.8. The van der Waals surface area contributed by atoms with E-state index in [0.29, 0.717) is 5.82 Å². The molecule has 0 fully saturated rings. The highest BCUT2D eigenvalue weighted by Crippen LogP contribution is 2.48. The van der Waals surface area contributed by atoms with Crippen molar-refractivity contribution in [2.75, 3.05) is 4.90 Å². The first-order valence-corrected chi connectivity index (χ1v) is 19.6. The lowest BCUT2D eigenvalue weighted by Crippen LogP contribution is -2.11. The van der Waals surface area contributed by atoms with Crippen LogP contribution >= 0.6 is 0 Å². The number of nitrogens with zero attached hydrogens (tertiary/aromatic N) is 3. The van der Waals surface area contributed by atoms with Crippen molar-refractivity contribution < 1.29 is 4.42 Å². The van der Waals surface area contributed by atoms with E-state index in [0.717, 1.165) is 94.2 Å². The Hall–Kier alpha value is -7.82. The number of furan rings is 1. The molecule has 272 valence electrons. The van der Waals surface area contributed by atoms with Crippen molar-refractivity contribution in [2.24, 2.45) is 0 Å². The van der Waals surface area contributed by atoms with E-state index in [1.807, 2.05) is 12.1 Å². The molecular weight excluding hydrogens is 707 g/mol. The zero-order valence-electron chi connectivity index (χ0n) is 31.5. The summed E-state index contributed by atoms with van der Waals surface area (Å²) in [5.74, 6) is 0.636. The number of hydrogen-bond acceptors (Lipinski definition) is 4. The topological polar surface area (TPSA) is 42.2 Å².